The van der Waals surface area contributed by atoms with Crippen molar-refractivity contribution >= 4 is 27.7 Å². The van der Waals surface area contributed by atoms with E-state index in [0.717, 1.165) is 36.0 Å². The second-order valence-electron chi connectivity index (χ2n) is 5.27. The van der Waals surface area contributed by atoms with Crippen LogP contribution in [0.3, 0.4) is 0 Å². The fourth-order valence-corrected chi connectivity index (χ4v) is 3.08. The van der Waals surface area contributed by atoms with Gasteiger partial charge in [-0.25, -0.2) is 0 Å². The summed E-state index contributed by atoms with van der Waals surface area (Å²) < 4.78 is 0.911. The molecule has 108 valence electrons. The van der Waals surface area contributed by atoms with Crippen LogP contribution >= 0.6 is 15.9 Å². The van der Waals surface area contributed by atoms with Crippen LogP contribution in [-0.2, 0) is 4.79 Å². The summed E-state index contributed by atoms with van der Waals surface area (Å²) in [5.41, 5.74) is 1.72. The zero-order chi connectivity index (χ0) is 14.7. The molecule has 0 atom stereocenters. The van der Waals surface area contributed by atoms with Crippen molar-refractivity contribution in [2.24, 2.45) is 0 Å². The van der Waals surface area contributed by atoms with Crippen molar-refractivity contribution in [2.75, 3.05) is 13.1 Å². The van der Waals surface area contributed by atoms with Crippen molar-refractivity contribution in [3.05, 3.63) is 33.8 Å². The molecule has 1 N–H and O–H groups in total. The molecule has 0 radical (unpaired) electrons. The van der Waals surface area contributed by atoms with Crippen molar-refractivity contribution < 1.29 is 9.59 Å². The Labute approximate surface area is 127 Å². The molecule has 0 spiro atoms. The summed E-state index contributed by atoms with van der Waals surface area (Å²) in [5.74, 6) is 0.0630. The molecule has 4 nitrogen and oxygen atoms in total. The monoisotopic (exact) mass is 338 g/mol. The van der Waals surface area contributed by atoms with E-state index in [1.807, 2.05) is 30.0 Å². The molecular formula is C15H19BrN2O2. The van der Waals surface area contributed by atoms with E-state index < -0.39 is 0 Å². The Bertz CT molecular complexity index is 502. The SMILES string of the molecule is CC(=O)N1CCC(NC(=O)c2cc(C)cc(Br)c2)CC1. The fraction of sp³-hybridized carbons (Fsp3) is 0.467. The Morgan fingerprint density at radius 1 is 1.25 bits per heavy atom. The molecular weight excluding hydrogens is 320 g/mol. The van der Waals surface area contributed by atoms with E-state index >= 15 is 0 Å². The Hall–Kier alpha value is -1.36. The van der Waals surface area contributed by atoms with Gasteiger partial charge in [0.15, 0.2) is 0 Å². The largest absolute Gasteiger partial charge is 0.349 e. The van der Waals surface area contributed by atoms with Gasteiger partial charge in [-0.15, -0.1) is 0 Å². The number of carbonyl (C=O) groups is 2. The first kappa shape index (κ1) is 15.0. The van der Waals surface area contributed by atoms with E-state index in [2.05, 4.69) is 21.2 Å². The number of likely N-dealkylation sites (tertiary alicyclic amines) is 1. The number of aryl methyl sites for hydroxylation is 1. The number of hydrogen-bond donors (Lipinski definition) is 1. The summed E-state index contributed by atoms with van der Waals surface area (Å²) in [6.07, 6.45) is 1.64. The number of benzene rings is 1. The summed E-state index contributed by atoms with van der Waals surface area (Å²) in [7, 11) is 0. The van der Waals surface area contributed by atoms with E-state index in [9.17, 15) is 9.59 Å². The number of rotatable bonds is 2. The molecule has 1 fully saturated rings. The van der Waals surface area contributed by atoms with Gasteiger partial charge in [0.05, 0.1) is 0 Å². The number of hydrogen-bond acceptors (Lipinski definition) is 2. The maximum absolute atomic E-state index is 12.2. The minimum atomic E-state index is -0.0457. The standard InChI is InChI=1S/C15H19BrN2O2/c1-10-7-12(9-13(16)8-10)15(20)17-14-3-5-18(6-4-14)11(2)19/h7-9,14H,3-6H2,1-2H3,(H,17,20). The zero-order valence-electron chi connectivity index (χ0n) is 11.8. The third-order valence-electron chi connectivity index (χ3n) is 3.58. The minimum Gasteiger partial charge on any atom is -0.349 e. The van der Waals surface area contributed by atoms with Crippen molar-refractivity contribution in [3.8, 4) is 0 Å². The average Bonchev–Trinajstić information content (AvgIpc) is 2.38. The Balaban J connectivity index is 1.94. The molecule has 1 heterocycles. The lowest BCUT2D eigenvalue weighted by Gasteiger charge is -2.31. The Kier molecular flexibility index (Phi) is 4.81. The predicted molar refractivity (Wildman–Crippen MR) is 81.6 cm³/mol. The summed E-state index contributed by atoms with van der Waals surface area (Å²) >= 11 is 3.41. The van der Waals surface area contributed by atoms with Gasteiger partial charge in [0, 0.05) is 36.1 Å². The van der Waals surface area contributed by atoms with Crippen molar-refractivity contribution in [3.63, 3.8) is 0 Å². The molecule has 0 aromatic heterocycles. The van der Waals surface area contributed by atoms with Gasteiger partial charge in [-0.05, 0) is 43.5 Å². The van der Waals surface area contributed by atoms with Crippen molar-refractivity contribution in [1.29, 1.82) is 0 Å². The lowest BCUT2D eigenvalue weighted by Crippen LogP contribution is -2.46. The third kappa shape index (κ3) is 3.82. The van der Waals surface area contributed by atoms with Crippen LogP contribution in [0.15, 0.2) is 22.7 Å². The molecule has 2 amide bonds. The van der Waals surface area contributed by atoms with Crippen LogP contribution in [-0.4, -0.2) is 35.8 Å². The molecule has 0 unspecified atom stereocenters. The molecule has 5 heteroatoms. The van der Waals surface area contributed by atoms with Crippen LogP contribution in [0.1, 0.15) is 35.7 Å². The second-order valence-corrected chi connectivity index (χ2v) is 6.19. The summed E-state index contributed by atoms with van der Waals surface area (Å²) in [4.78, 5) is 25.3. The molecule has 0 bridgehead atoms. The van der Waals surface area contributed by atoms with Gasteiger partial charge < -0.3 is 10.2 Å². The summed E-state index contributed by atoms with van der Waals surface area (Å²) in [6.45, 7) is 4.99. The highest BCUT2D eigenvalue weighted by atomic mass is 79.9. The topological polar surface area (TPSA) is 49.4 Å². The highest BCUT2D eigenvalue weighted by molar-refractivity contribution is 9.10. The van der Waals surface area contributed by atoms with Crippen LogP contribution in [0.2, 0.25) is 0 Å². The number of halogens is 1. The van der Waals surface area contributed by atoms with Gasteiger partial charge in [0.1, 0.15) is 0 Å². The molecule has 1 aromatic rings. The minimum absolute atomic E-state index is 0.0457. The number of carbonyl (C=O) groups excluding carboxylic acids is 2. The molecule has 0 aliphatic carbocycles. The van der Waals surface area contributed by atoms with Crippen LogP contribution in [0.25, 0.3) is 0 Å². The first-order chi connectivity index (χ1) is 9.45. The normalized spacial score (nSPS) is 16.1. The first-order valence-electron chi connectivity index (χ1n) is 6.79. The average molecular weight is 339 g/mol. The molecule has 20 heavy (non-hydrogen) atoms. The molecule has 0 saturated carbocycles. The summed E-state index contributed by atoms with van der Waals surface area (Å²) in [6, 6.07) is 5.83. The van der Waals surface area contributed by atoms with Crippen molar-refractivity contribution in [2.45, 2.75) is 32.7 Å². The van der Waals surface area contributed by atoms with Crippen LogP contribution in [0.4, 0.5) is 0 Å². The van der Waals surface area contributed by atoms with Gasteiger partial charge in [0.2, 0.25) is 5.91 Å². The molecule has 1 aliphatic rings. The van der Waals surface area contributed by atoms with Crippen molar-refractivity contribution in [1.82, 2.24) is 10.2 Å². The maximum atomic E-state index is 12.2. The van der Waals surface area contributed by atoms with Gasteiger partial charge in [-0.3, -0.25) is 9.59 Å². The highest BCUT2D eigenvalue weighted by Crippen LogP contribution is 2.16. The smallest absolute Gasteiger partial charge is 0.251 e. The summed E-state index contributed by atoms with van der Waals surface area (Å²) in [5, 5.41) is 3.05. The molecule has 2 rings (SSSR count). The van der Waals surface area contributed by atoms with Crippen LogP contribution < -0.4 is 5.32 Å². The molecule has 1 aliphatic heterocycles. The number of nitrogens with zero attached hydrogens (tertiary/aromatic N) is 1. The van der Waals surface area contributed by atoms with Gasteiger partial charge >= 0.3 is 0 Å². The highest BCUT2D eigenvalue weighted by Gasteiger charge is 2.22. The first-order valence-corrected chi connectivity index (χ1v) is 7.58. The second kappa shape index (κ2) is 6.39. The van der Waals surface area contributed by atoms with E-state index in [1.165, 1.54) is 0 Å². The lowest BCUT2D eigenvalue weighted by molar-refractivity contribution is -0.129. The van der Waals surface area contributed by atoms with E-state index in [4.69, 9.17) is 0 Å². The number of nitrogens with one attached hydrogen (secondary N) is 1. The Morgan fingerprint density at radius 3 is 2.45 bits per heavy atom. The lowest BCUT2D eigenvalue weighted by atomic mass is 10.0. The maximum Gasteiger partial charge on any atom is 0.251 e. The van der Waals surface area contributed by atoms with Gasteiger partial charge in [-0.2, -0.15) is 0 Å². The predicted octanol–water partition coefficient (Wildman–Crippen LogP) is 2.50. The molecule has 1 saturated heterocycles. The van der Waals surface area contributed by atoms with Gasteiger partial charge in [0.25, 0.3) is 5.91 Å². The third-order valence-corrected chi connectivity index (χ3v) is 4.04. The zero-order valence-corrected chi connectivity index (χ0v) is 13.4. The van der Waals surface area contributed by atoms with Gasteiger partial charge in [-0.1, -0.05) is 15.9 Å². The van der Waals surface area contributed by atoms with E-state index in [0.29, 0.717) is 5.56 Å². The number of amides is 2. The fourth-order valence-electron chi connectivity index (χ4n) is 2.47. The Morgan fingerprint density at radius 2 is 1.90 bits per heavy atom. The van der Waals surface area contributed by atoms with Crippen LogP contribution in [0, 0.1) is 6.92 Å². The van der Waals surface area contributed by atoms with E-state index in [-0.39, 0.29) is 17.9 Å². The van der Waals surface area contributed by atoms with E-state index in [1.54, 1.807) is 6.92 Å². The molecule has 1 aromatic carbocycles. The number of piperidine rings is 1. The van der Waals surface area contributed by atoms with Crippen LogP contribution in [0.5, 0.6) is 0 Å². The quantitative estimate of drug-likeness (QED) is 0.900.